The van der Waals surface area contributed by atoms with Crippen LogP contribution in [0.3, 0.4) is 0 Å². The minimum Gasteiger partial charge on any atom is -0.393 e. The number of aromatic nitrogens is 2. The molecule has 0 saturated carbocycles. The summed E-state index contributed by atoms with van der Waals surface area (Å²) in [5.41, 5.74) is 1.80. The highest BCUT2D eigenvalue weighted by Gasteiger charge is 2.02. The van der Waals surface area contributed by atoms with E-state index >= 15 is 0 Å². The molecule has 4 heteroatoms. The van der Waals surface area contributed by atoms with E-state index in [2.05, 4.69) is 16.5 Å². The van der Waals surface area contributed by atoms with Crippen LogP contribution in [0.2, 0.25) is 0 Å². The van der Waals surface area contributed by atoms with E-state index in [9.17, 15) is 0 Å². The molecule has 0 fully saturated rings. The molecule has 0 saturated heterocycles. The first-order valence-corrected chi connectivity index (χ1v) is 5.49. The second-order valence-corrected chi connectivity index (χ2v) is 3.46. The summed E-state index contributed by atoms with van der Waals surface area (Å²) in [7, 11) is 0. The molecule has 0 aromatic carbocycles. The molecule has 1 atom stereocenters. The minimum atomic E-state index is -0.775. The molecule has 18 heavy (non-hydrogen) atoms. The van der Waals surface area contributed by atoms with Crippen molar-refractivity contribution in [2.24, 2.45) is 0 Å². The van der Waals surface area contributed by atoms with Crippen LogP contribution >= 0.6 is 0 Å². The molecular weight excluding hydrogens is 228 g/mol. The molecule has 0 aliphatic heterocycles. The van der Waals surface area contributed by atoms with Crippen molar-refractivity contribution in [1.29, 1.82) is 0 Å². The largest absolute Gasteiger partial charge is 0.393 e. The Bertz CT molecular complexity index is 446. The maximum absolute atomic E-state index is 9.05. The lowest BCUT2D eigenvalue weighted by Gasteiger charge is -2.04. The summed E-state index contributed by atoms with van der Waals surface area (Å²) in [6.45, 7) is 3.36. The van der Waals surface area contributed by atoms with Crippen LogP contribution in [-0.4, -0.2) is 26.8 Å². The SMILES string of the molecule is C=Cc1ccncc1.OC[C@@H](O)c1ccncc1. The average molecular weight is 244 g/mol. The predicted octanol–water partition coefficient (Wildman–Crippen LogP) is 1.83. The summed E-state index contributed by atoms with van der Waals surface area (Å²) in [4.78, 5) is 7.61. The van der Waals surface area contributed by atoms with Gasteiger partial charge in [0.1, 0.15) is 6.10 Å². The quantitative estimate of drug-likeness (QED) is 0.864. The van der Waals surface area contributed by atoms with Crippen LogP contribution in [-0.2, 0) is 0 Å². The number of rotatable bonds is 3. The van der Waals surface area contributed by atoms with E-state index in [1.165, 1.54) is 0 Å². The van der Waals surface area contributed by atoms with Crippen LogP contribution in [0.5, 0.6) is 0 Å². The van der Waals surface area contributed by atoms with E-state index in [-0.39, 0.29) is 6.61 Å². The Balaban J connectivity index is 0.000000184. The maximum Gasteiger partial charge on any atom is 0.102 e. The average Bonchev–Trinajstić information content (AvgIpc) is 2.49. The Kier molecular flexibility index (Phi) is 6.32. The van der Waals surface area contributed by atoms with Crippen molar-refractivity contribution in [3.8, 4) is 0 Å². The summed E-state index contributed by atoms with van der Waals surface area (Å²) in [5.74, 6) is 0. The highest BCUT2D eigenvalue weighted by Crippen LogP contribution is 2.08. The number of hydrogen-bond acceptors (Lipinski definition) is 4. The molecule has 2 rings (SSSR count). The third-order valence-electron chi connectivity index (χ3n) is 2.21. The van der Waals surface area contributed by atoms with Gasteiger partial charge in [-0.05, 0) is 35.4 Å². The van der Waals surface area contributed by atoms with Crippen molar-refractivity contribution in [3.63, 3.8) is 0 Å². The van der Waals surface area contributed by atoms with Crippen LogP contribution < -0.4 is 0 Å². The van der Waals surface area contributed by atoms with Crippen LogP contribution in [0.15, 0.2) is 55.6 Å². The molecule has 0 spiro atoms. The molecule has 2 N–H and O–H groups in total. The van der Waals surface area contributed by atoms with E-state index in [0.29, 0.717) is 5.56 Å². The third-order valence-corrected chi connectivity index (χ3v) is 2.21. The Morgan fingerprint density at radius 1 is 1.06 bits per heavy atom. The van der Waals surface area contributed by atoms with E-state index in [4.69, 9.17) is 10.2 Å². The van der Waals surface area contributed by atoms with Crippen molar-refractivity contribution < 1.29 is 10.2 Å². The fourth-order valence-electron chi connectivity index (χ4n) is 1.19. The maximum atomic E-state index is 9.05. The van der Waals surface area contributed by atoms with Gasteiger partial charge in [-0.15, -0.1) is 0 Å². The van der Waals surface area contributed by atoms with E-state index in [0.717, 1.165) is 5.56 Å². The molecule has 0 radical (unpaired) electrons. The Labute approximate surface area is 106 Å². The van der Waals surface area contributed by atoms with Crippen LogP contribution in [0, 0.1) is 0 Å². The van der Waals surface area contributed by atoms with Gasteiger partial charge in [-0.1, -0.05) is 12.7 Å². The third kappa shape index (κ3) is 4.86. The number of aliphatic hydroxyl groups is 2. The van der Waals surface area contributed by atoms with Crippen molar-refractivity contribution in [2.75, 3.05) is 6.61 Å². The fourth-order valence-corrected chi connectivity index (χ4v) is 1.19. The molecule has 0 unspecified atom stereocenters. The normalized spacial score (nSPS) is 11.0. The molecule has 0 aliphatic rings. The van der Waals surface area contributed by atoms with Gasteiger partial charge in [0.25, 0.3) is 0 Å². The second kappa shape index (κ2) is 8.11. The first-order valence-electron chi connectivity index (χ1n) is 5.49. The van der Waals surface area contributed by atoms with Gasteiger partial charge in [-0.2, -0.15) is 0 Å². The van der Waals surface area contributed by atoms with Gasteiger partial charge in [0, 0.05) is 24.8 Å². The first-order chi connectivity index (χ1) is 8.77. The first kappa shape index (κ1) is 14.0. The highest BCUT2D eigenvalue weighted by molar-refractivity contribution is 5.44. The smallest absolute Gasteiger partial charge is 0.102 e. The minimum absolute atomic E-state index is 0.246. The van der Waals surface area contributed by atoms with Crippen molar-refractivity contribution in [1.82, 2.24) is 9.97 Å². The van der Waals surface area contributed by atoms with Crippen molar-refractivity contribution >= 4 is 6.08 Å². The summed E-state index contributed by atoms with van der Waals surface area (Å²) in [6.07, 6.45) is 7.67. The number of aliphatic hydroxyl groups excluding tert-OH is 2. The summed E-state index contributed by atoms with van der Waals surface area (Å²) in [5, 5.41) is 17.6. The molecule has 2 heterocycles. The lowest BCUT2D eigenvalue weighted by molar-refractivity contribution is 0.0955. The van der Waals surface area contributed by atoms with Crippen molar-refractivity contribution in [3.05, 3.63) is 66.8 Å². The molecule has 0 aliphatic carbocycles. The van der Waals surface area contributed by atoms with Gasteiger partial charge in [0.2, 0.25) is 0 Å². The van der Waals surface area contributed by atoms with Gasteiger partial charge in [0.05, 0.1) is 6.61 Å². The number of nitrogens with zero attached hydrogens (tertiary/aromatic N) is 2. The molecule has 0 amide bonds. The molecule has 2 aromatic rings. The van der Waals surface area contributed by atoms with Gasteiger partial charge in [-0.3, -0.25) is 9.97 Å². The number of hydrogen-bond donors (Lipinski definition) is 2. The monoisotopic (exact) mass is 244 g/mol. The summed E-state index contributed by atoms with van der Waals surface area (Å²) < 4.78 is 0. The predicted molar refractivity (Wildman–Crippen MR) is 70.6 cm³/mol. The molecule has 2 aromatic heterocycles. The number of pyridine rings is 2. The zero-order valence-electron chi connectivity index (χ0n) is 9.98. The van der Waals surface area contributed by atoms with Crippen molar-refractivity contribution in [2.45, 2.75) is 6.10 Å². The highest BCUT2D eigenvalue weighted by atomic mass is 16.3. The van der Waals surface area contributed by atoms with E-state index < -0.39 is 6.10 Å². The van der Waals surface area contributed by atoms with Gasteiger partial charge < -0.3 is 10.2 Å². The van der Waals surface area contributed by atoms with E-state index in [1.54, 1.807) is 43.0 Å². The Morgan fingerprint density at radius 2 is 1.56 bits per heavy atom. The molecule has 94 valence electrons. The van der Waals surface area contributed by atoms with Gasteiger partial charge in [0.15, 0.2) is 0 Å². The van der Waals surface area contributed by atoms with Crippen LogP contribution in [0.4, 0.5) is 0 Å². The lowest BCUT2D eigenvalue weighted by Crippen LogP contribution is -2.01. The van der Waals surface area contributed by atoms with E-state index in [1.807, 2.05) is 12.1 Å². The lowest BCUT2D eigenvalue weighted by atomic mass is 10.2. The van der Waals surface area contributed by atoms with Gasteiger partial charge in [-0.25, -0.2) is 0 Å². The topological polar surface area (TPSA) is 66.2 Å². The Morgan fingerprint density at radius 3 is 1.94 bits per heavy atom. The Hall–Kier alpha value is -2.04. The second-order valence-electron chi connectivity index (χ2n) is 3.46. The molecule has 4 nitrogen and oxygen atoms in total. The van der Waals surface area contributed by atoms with Gasteiger partial charge >= 0.3 is 0 Å². The molecule has 0 bridgehead atoms. The van der Waals surface area contributed by atoms with Crippen LogP contribution in [0.25, 0.3) is 6.08 Å². The standard InChI is InChI=1S/C7H9NO2.C7H7N/c9-5-7(10)6-1-3-8-4-2-6;1-2-7-3-5-8-6-4-7/h1-4,7,9-10H,5H2;2-6H,1H2/t7-;/m1./s1. The van der Waals surface area contributed by atoms with Crippen LogP contribution in [0.1, 0.15) is 17.2 Å². The zero-order chi connectivity index (χ0) is 13.2. The fraction of sp³-hybridized carbons (Fsp3) is 0.143. The zero-order valence-corrected chi connectivity index (χ0v) is 9.98. The summed E-state index contributed by atoms with van der Waals surface area (Å²) >= 11 is 0. The summed E-state index contributed by atoms with van der Waals surface area (Å²) in [6, 6.07) is 7.15. The molecular formula is C14H16N2O2.